The molecule has 0 saturated heterocycles. The van der Waals surface area contributed by atoms with Gasteiger partial charge in [0.2, 0.25) is 0 Å². The van der Waals surface area contributed by atoms with Crippen LogP contribution in [0.1, 0.15) is 142 Å². The van der Waals surface area contributed by atoms with Crippen molar-refractivity contribution in [1.82, 2.24) is 0 Å². The van der Waals surface area contributed by atoms with Gasteiger partial charge in [0.05, 0.1) is 25.4 Å². The van der Waals surface area contributed by atoms with Crippen LogP contribution in [-0.4, -0.2) is 51.2 Å². The zero-order valence-electron chi connectivity index (χ0n) is 29.4. The number of aliphatic imine (C=N–C) groups is 1. The van der Waals surface area contributed by atoms with E-state index in [1.165, 1.54) is 77.7 Å². The molecule has 0 amide bonds. The molecule has 1 aromatic carbocycles. The van der Waals surface area contributed by atoms with Gasteiger partial charge < -0.3 is 18.9 Å². The summed E-state index contributed by atoms with van der Waals surface area (Å²) in [7, 11) is 2.98. The highest BCUT2D eigenvalue weighted by atomic mass is 16.5. The molecule has 2 rings (SSSR count). The summed E-state index contributed by atoms with van der Waals surface area (Å²) in [5.74, 6) is -1.14. The van der Waals surface area contributed by atoms with Gasteiger partial charge in [-0.2, -0.15) is 0 Å². The lowest BCUT2D eigenvalue weighted by Crippen LogP contribution is -2.34. The Morgan fingerprint density at radius 1 is 0.844 bits per heavy atom. The molecule has 2 atom stereocenters. The first kappa shape index (κ1) is 38.5. The van der Waals surface area contributed by atoms with Gasteiger partial charge in [-0.15, -0.1) is 0 Å². The van der Waals surface area contributed by atoms with Crippen molar-refractivity contribution in [2.45, 2.75) is 143 Å². The van der Waals surface area contributed by atoms with Gasteiger partial charge in [-0.05, 0) is 58.6 Å². The van der Waals surface area contributed by atoms with E-state index in [9.17, 15) is 9.59 Å². The highest BCUT2D eigenvalue weighted by Gasteiger charge is 2.43. The van der Waals surface area contributed by atoms with Crippen LogP contribution in [0.15, 0.2) is 34.5 Å². The molecule has 254 valence electrons. The largest absolute Gasteiger partial charge is 0.494 e. The molecular formula is C38H61NO6. The number of hydrogen-bond acceptors (Lipinski definition) is 7. The van der Waals surface area contributed by atoms with Crippen LogP contribution in [-0.2, 0) is 30.2 Å². The number of carbonyl (C=O) groups is 2. The molecule has 1 aromatic rings. The van der Waals surface area contributed by atoms with E-state index in [0.29, 0.717) is 19.6 Å². The van der Waals surface area contributed by atoms with Crippen molar-refractivity contribution in [2.75, 3.05) is 27.4 Å². The summed E-state index contributed by atoms with van der Waals surface area (Å²) in [6, 6.07) is 6.12. The number of ether oxygens (including phenoxy) is 4. The first-order chi connectivity index (χ1) is 21.8. The lowest BCUT2D eigenvalue weighted by atomic mass is 9.72. The molecule has 1 heterocycles. The van der Waals surface area contributed by atoms with Crippen molar-refractivity contribution in [3.05, 3.63) is 40.6 Å². The second kappa shape index (κ2) is 22.0. The predicted molar refractivity (Wildman–Crippen MR) is 183 cm³/mol. The van der Waals surface area contributed by atoms with Gasteiger partial charge in [0, 0.05) is 36.8 Å². The van der Waals surface area contributed by atoms with Gasteiger partial charge in [0.15, 0.2) is 5.70 Å². The number of hydrogen-bond donors (Lipinski definition) is 0. The molecule has 1 aliphatic rings. The molecule has 0 fully saturated rings. The van der Waals surface area contributed by atoms with Gasteiger partial charge in [0.1, 0.15) is 5.75 Å². The molecule has 0 aliphatic carbocycles. The van der Waals surface area contributed by atoms with E-state index in [2.05, 4.69) is 18.0 Å². The number of benzene rings is 1. The lowest BCUT2D eigenvalue weighted by Gasteiger charge is -2.35. The average molecular weight is 628 g/mol. The van der Waals surface area contributed by atoms with Crippen molar-refractivity contribution in [1.29, 1.82) is 0 Å². The molecule has 45 heavy (non-hydrogen) atoms. The normalized spacial score (nSPS) is 16.6. The molecule has 0 radical (unpaired) electrons. The highest BCUT2D eigenvalue weighted by Crippen LogP contribution is 2.46. The van der Waals surface area contributed by atoms with Crippen molar-refractivity contribution in [3.8, 4) is 5.75 Å². The maximum atomic E-state index is 13.8. The second-order valence-corrected chi connectivity index (χ2v) is 12.6. The second-order valence-electron chi connectivity index (χ2n) is 12.6. The smallest absolute Gasteiger partial charge is 0.357 e. The summed E-state index contributed by atoms with van der Waals surface area (Å²) < 4.78 is 22.5. The summed E-state index contributed by atoms with van der Waals surface area (Å²) >= 11 is 0. The van der Waals surface area contributed by atoms with E-state index in [0.717, 1.165) is 41.9 Å². The molecule has 2 unspecified atom stereocenters. The molecular weight excluding hydrogens is 566 g/mol. The number of rotatable bonds is 23. The Hall–Kier alpha value is -2.67. The monoisotopic (exact) mass is 627 g/mol. The Bertz CT molecular complexity index is 1090. The molecule has 0 N–H and O–H groups in total. The van der Waals surface area contributed by atoms with E-state index in [4.69, 9.17) is 18.9 Å². The van der Waals surface area contributed by atoms with Gasteiger partial charge in [-0.3, -0.25) is 0 Å². The summed E-state index contributed by atoms with van der Waals surface area (Å²) in [5.41, 5.74) is 3.08. The molecule has 7 nitrogen and oxygen atoms in total. The third-order valence-corrected chi connectivity index (χ3v) is 8.68. The molecule has 0 saturated carbocycles. The zero-order valence-corrected chi connectivity index (χ0v) is 29.4. The standard InChI is InChI=1S/C38H61NO6/c1-8-10-11-12-13-14-15-16-17-18-19-20-21-23-30-24-22-25-32(44-9-2)33(30)34-31(26-27-42-6)29(5)39-36(38(41)43-7)35(34)37(40)45-28(3)4/h22,24-25,28,31,34H,8-21,23,26-27H2,1-7H3. The Morgan fingerprint density at radius 2 is 1.44 bits per heavy atom. The average Bonchev–Trinajstić information content (AvgIpc) is 3.01. The van der Waals surface area contributed by atoms with Crippen LogP contribution in [0.4, 0.5) is 0 Å². The van der Waals surface area contributed by atoms with Crippen molar-refractivity contribution >= 4 is 17.7 Å². The lowest BCUT2D eigenvalue weighted by molar-refractivity contribution is -0.144. The fraction of sp³-hybridized carbons (Fsp3) is 0.711. The minimum Gasteiger partial charge on any atom is -0.494 e. The van der Waals surface area contributed by atoms with Gasteiger partial charge in [-0.1, -0.05) is 96.1 Å². The van der Waals surface area contributed by atoms with Crippen molar-refractivity contribution in [2.24, 2.45) is 10.9 Å². The van der Waals surface area contributed by atoms with E-state index in [1.54, 1.807) is 21.0 Å². The molecule has 0 bridgehead atoms. The van der Waals surface area contributed by atoms with Crippen LogP contribution in [0.3, 0.4) is 0 Å². The number of esters is 2. The summed E-state index contributed by atoms with van der Waals surface area (Å²) in [6.45, 7) is 10.7. The van der Waals surface area contributed by atoms with E-state index in [-0.39, 0.29) is 23.3 Å². The maximum Gasteiger partial charge on any atom is 0.357 e. The number of nitrogens with zero attached hydrogens (tertiary/aromatic N) is 1. The van der Waals surface area contributed by atoms with Crippen LogP contribution >= 0.6 is 0 Å². The third-order valence-electron chi connectivity index (χ3n) is 8.68. The first-order valence-corrected chi connectivity index (χ1v) is 17.6. The Balaban J connectivity index is 2.29. The minimum atomic E-state index is -0.646. The molecule has 7 heteroatoms. The van der Waals surface area contributed by atoms with Crippen LogP contribution in [0.5, 0.6) is 5.75 Å². The summed E-state index contributed by atoms with van der Waals surface area (Å²) in [5, 5.41) is 0. The van der Waals surface area contributed by atoms with Crippen molar-refractivity contribution < 1.29 is 28.5 Å². The third kappa shape index (κ3) is 12.6. The fourth-order valence-corrected chi connectivity index (χ4v) is 6.40. The van der Waals surface area contributed by atoms with Gasteiger partial charge >= 0.3 is 11.9 Å². The maximum absolute atomic E-state index is 13.8. The van der Waals surface area contributed by atoms with Crippen LogP contribution in [0, 0.1) is 5.92 Å². The molecule has 1 aliphatic heterocycles. The van der Waals surface area contributed by atoms with E-state index < -0.39 is 17.9 Å². The topological polar surface area (TPSA) is 83.4 Å². The van der Waals surface area contributed by atoms with E-state index in [1.807, 2.05) is 26.0 Å². The number of unbranched alkanes of at least 4 members (excludes halogenated alkanes) is 12. The Morgan fingerprint density at radius 3 is 1.98 bits per heavy atom. The van der Waals surface area contributed by atoms with Crippen LogP contribution in [0.2, 0.25) is 0 Å². The number of methoxy groups -OCH3 is 2. The minimum absolute atomic E-state index is 0.0116. The SMILES string of the molecule is CCCCCCCCCCCCCCCc1cccc(OCC)c1C1C(C(=O)OC(C)C)=C(C(=O)OC)N=C(C)C1CCOC. The van der Waals surface area contributed by atoms with Crippen LogP contribution in [0.25, 0.3) is 0 Å². The highest BCUT2D eigenvalue weighted by molar-refractivity contribution is 6.06. The summed E-state index contributed by atoms with van der Waals surface area (Å²) in [6.07, 6.45) is 18.0. The molecule has 0 spiro atoms. The Kier molecular flexibility index (Phi) is 18.8. The zero-order chi connectivity index (χ0) is 33.0. The quantitative estimate of drug-likeness (QED) is 0.0888. The first-order valence-electron chi connectivity index (χ1n) is 17.6. The van der Waals surface area contributed by atoms with E-state index >= 15 is 0 Å². The number of carbonyl (C=O) groups excluding carboxylic acids is 2. The molecule has 0 aromatic heterocycles. The van der Waals surface area contributed by atoms with Crippen LogP contribution < -0.4 is 4.74 Å². The predicted octanol–water partition coefficient (Wildman–Crippen LogP) is 9.31. The number of aryl methyl sites for hydroxylation is 1. The Labute approximate surface area is 273 Å². The van der Waals surface area contributed by atoms with Gasteiger partial charge in [-0.25, -0.2) is 14.6 Å². The summed E-state index contributed by atoms with van der Waals surface area (Å²) in [4.78, 5) is 31.5. The fourth-order valence-electron chi connectivity index (χ4n) is 6.40. The van der Waals surface area contributed by atoms with Gasteiger partial charge in [0.25, 0.3) is 0 Å². The van der Waals surface area contributed by atoms with Crippen molar-refractivity contribution in [3.63, 3.8) is 0 Å².